The smallest absolute Gasteiger partial charge is 0.0637 e. The summed E-state index contributed by atoms with van der Waals surface area (Å²) in [5.74, 6) is 0. The van der Waals surface area contributed by atoms with Gasteiger partial charge in [-0.05, 0) is 38.8 Å². The minimum atomic E-state index is 0.323. The summed E-state index contributed by atoms with van der Waals surface area (Å²) in [6, 6.07) is 8.34. The summed E-state index contributed by atoms with van der Waals surface area (Å²) >= 11 is 6.12. The van der Waals surface area contributed by atoms with Crippen molar-refractivity contribution in [3.63, 3.8) is 0 Å². The predicted molar refractivity (Wildman–Crippen MR) is 68.1 cm³/mol. The molecule has 1 N–H and O–H groups in total. The van der Waals surface area contributed by atoms with Crippen LogP contribution in [0.4, 0.5) is 5.69 Å². The quantitative estimate of drug-likeness (QED) is 0.850. The molecule has 1 fully saturated rings. The normalized spacial score (nSPS) is 30.1. The third-order valence-corrected chi connectivity index (χ3v) is 3.26. The number of benzene rings is 1. The lowest BCUT2D eigenvalue weighted by Gasteiger charge is -2.33. The fourth-order valence-corrected chi connectivity index (χ4v) is 2.51. The van der Waals surface area contributed by atoms with Gasteiger partial charge in [0, 0.05) is 6.04 Å². The highest BCUT2D eigenvalue weighted by atomic mass is 35.5. The number of nitrogens with one attached hydrogen (secondary N) is 1. The van der Waals surface area contributed by atoms with E-state index in [2.05, 4.69) is 19.2 Å². The van der Waals surface area contributed by atoms with Crippen LogP contribution < -0.4 is 5.32 Å². The molecule has 1 saturated heterocycles. The molecule has 1 aliphatic rings. The van der Waals surface area contributed by atoms with E-state index in [1.165, 1.54) is 0 Å². The van der Waals surface area contributed by atoms with E-state index in [9.17, 15) is 0 Å². The number of rotatable bonds is 2. The molecule has 3 heteroatoms. The Kier molecular flexibility index (Phi) is 3.72. The largest absolute Gasteiger partial charge is 0.381 e. The maximum atomic E-state index is 6.12. The molecule has 1 aromatic rings. The first-order valence-electron chi connectivity index (χ1n) is 5.81. The van der Waals surface area contributed by atoms with Gasteiger partial charge in [0.15, 0.2) is 0 Å². The maximum Gasteiger partial charge on any atom is 0.0637 e. The molecule has 0 saturated carbocycles. The van der Waals surface area contributed by atoms with E-state index in [0.717, 1.165) is 23.6 Å². The number of ether oxygens (including phenoxy) is 1. The van der Waals surface area contributed by atoms with Gasteiger partial charge in [-0.3, -0.25) is 0 Å². The van der Waals surface area contributed by atoms with Crippen LogP contribution in [-0.4, -0.2) is 18.2 Å². The SMILES string of the molecule is CC1CC(Nc2ccccc2Cl)CC(C)O1. The number of anilines is 1. The van der Waals surface area contributed by atoms with Crippen molar-refractivity contribution in [3.8, 4) is 0 Å². The molecule has 1 aromatic carbocycles. The lowest BCUT2D eigenvalue weighted by molar-refractivity contribution is -0.0337. The van der Waals surface area contributed by atoms with E-state index >= 15 is 0 Å². The van der Waals surface area contributed by atoms with Crippen molar-refractivity contribution in [3.05, 3.63) is 29.3 Å². The average molecular weight is 240 g/mol. The standard InChI is InChI=1S/C13H18ClNO/c1-9-7-11(8-10(2)16-9)15-13-6-4-3-5-12(13)14/h3-6,9-11,15H,7-8H2,1-2H3. The van der Waals surface area contributed by atoms with Crippen molar-refractivity contribution in [1.82, 2.24) is 0 Å². The van der Waals surface area contributed by atoms with Crippen LogP contribution in [0, 0.1) is 0 Å². The molecule has 1 heterocycles. The Hall–Kier alpha value is -0.730. The minimum absolute atomic E-state index is 0.323. The highest BCUT2D eigenvalue weighted by Gasteiger charge is 2.24. The lowest BCUT2D eigenvalue weighted by Crippen LogP contribution is -2.36. The summed E-state index contributed by atoms with van der Waals surface area (Å²) in [5.41, 5.74) is 1.02. The average Bonchev–Trinajstić information content (AvgIpc) is 2.20. The molecule has 2 nitrogen and oxygen atoms in total. The van der Waals surface area contributed by atoms with Crippen LogP contribution in [0.5, 0.6) is 0 Å². The third-order valence-electron chi connectivity index (χ3n) is 2.93. The van der Waals surface area contributed by atoms with Crippen LogP contribution in [0.15, 0.2) is 24.3 Å². The summed E-state index contributed by atoms with van der Waals surface area (Å²) in [7, 11) is 0. The van der Waals surface area contributed by atoms with Crippen LogP contribution in [0.1, 0.15) is 26.7 Å². The zero-order valence-corrected chi connectivity index (χ0v) is 10.5. The molecular formula is C13H18ClNO. The first-order chi connectivity index (χ1) is 7.65. The van der Waals surface area contributed by atoms with Crippen LogP contribution in [0.25, 0.3) is 0 Å². The Morgan fingerprint density at radius 1 is 1.19 bits per heavy atom. The Morgan fingerprint density at radius 2 is 1.81 bits per heavy atom. The van der Waals surface area contributed by atoms with E-state index < -0.39 is 0 Å². The summed E-state index contributed by atoms with van der Waals surface area (Å²) < 4.78 is 5.71. The molecule has 16 heavy (non-hydrogen) atoms. The van der Waals surface area contributed by atoms with Crippen LogP contribution >= 0.6 is 11.6 Å². The number of halogens is 1. The van der Waals surface area contributed by atoms with Crippen molar-refractivity contribution in [2.24, 2.45) is 0 Å². The summed E-state index contributed by atoms with van der Waals surface area (Å²) in [4.78, 5) is 0. The molecule has 1 aliphatic heterocycles. The van der Waals surface area contributed by atoms with Gasteiger partial charge in [-0.25, -0.2) is 0 Å². The topological polar surface area (TPSA) is 21.3 Å². The fourth-order valence-electron chi connectivity index (χ4n) is 2.32. The Morgan fingerprint density at radius 3 is 2.44 bits per heavy atom. The van der Waals surface area contributed by atoms with E-state index in [-0.39, 0.29) is 0 Å². The third kappa shape index (κ3) is 2.89. The van der Waals surface area contributed by atoms with Crippen molar-refractivity contribution in [1.29, 1.82) is 0 Å². The van der Waals surface area contributed by atoms with E-state index in [0.29, 0.717) is 18.2 Å². The van der Waals surface area contributed by atoms with Crippen molar-refractivity contribution < 1.29 is 4.74 Å². The van der Waals surface area contributed by atoms with Crippen LogP contribution in [0.2, 0.25) is 5.02 Å². The summed E-state index contributed by atoms with van der Waals surface area (Å²) in [6.45, 7) is 4.24. The molecule has 0 aromatic heterocycles. The van der Waals surface area contributed by atoms with Gasteiger partial charge < -0.3 is 10.1 Å². The first kappa shape index (κ1) is 11.7. The monoisotopic (exact) mass is 239 g/mol. The molecular weight excluding hydrogens is 222 g/mol. The second-order valence-electron chi connectivity index (χ2n) is 4.55. The van der Waals surface area contributed by atoms with Gasteiger partial charge in [0.25, 0.3) is 0 Å². The zero-order chi connectivity index (χ0) is 11.5. The molecule has 0 amide bonds. The number of para-hydroxylation sites is 1. The van der Waals surface area contributed by atoms with Gasteiger partial charge in [0.2, 0.25) is 0 Å². The van der Waals surface area contributed by atoms with Gasteiger partial charge in [-0.2, -0.15) is 0 Å². The highest BCUT2D eigenvalue weighted by molar-refractivity contribution is 6.33. The fraction of sp³-hybridized carbons (Fsp3) is 0.538. The molecule has 2 rings (SSSR count). The van der Waals surface area contributed by atoms with Crippen LogP contribution in [0.3, 0.4) is 0 Å². The van der Waals surface area contributed by atoms with Crippen molar-refractivity contribution in [2.45, 2.75) is 44.9 Å². The molecule has 0 spiro atoms. The Balaban J connectivity index is 2.02. The van der Waals surface area contributed by atoms with Gasteiger partial charge in [0.1, 0.15) is 0 Å². The van der Waals surface area contributed by atoms with E-state index in [1.54, 1.807) is 0 Å². The molecule has 0 bridgehead atoms. The molecule has 0 radical (unpaired) electrons. The minimum Gasteiger partial charge on any atom is -0.381 e. The maximum absolute atomic E-state index is 6.12. The summed E-state index contributed by atoms with van der Waals surface area (Å²) in [5, 5.41) is 4.28. The molecule has 2 atom stereocenters. The first-order valence-corrected chi connectivity index (χ1v) is 6.19. The lowest BCUT2D eigenvalue weighted by atomic mass is 9.99. The van der Waals surface area contributed by atoms with E-state index in [1.807, 2.05) is 24.3 Å². The van der Waals surface area contributed by atoms with Crippen LogP contribution in [-0.2, 0) is 4.74 Å². The number of hydrogen-bond acceptors (Lipinski definition) is 2. The van der Waals surface area contributed by atoms with Crippen molar-refractivity contribution >= 4 is 17.3 Å². The predicted octanol–water partition coefficient (Wildman–Crippen LogP) is 3.71. The zero-order valence-electron chi connectivity index (χ0n) is 9.74. The number of hydrogen-bond donors (Lipinski definition) is 1. The van der Waals surface area contributed by atoms with Gasteiger partial charge >= 0.3 is 0 Å². The Bertz CT molecular complexity index is 346. The highest BCUT2D eigenvalue weighted by Crippen LogP contribution is 2.26. The summed E-state index contributed by atoms with van der Waals surface area (Å²) in [6.07, 6.45) is 2.72. The van der Waals surface area contributed by atoms with Gasteiger partial charge in [-0.1, -0.05) is 23.7 Å². The Labute approximate surface area is 102 Å². The second kappa shape index (κ2) is 5.07. The van der Waals surface area contributed by atoms with Crippen molar-refractivity contribution in [2.75, 3.05) is 5.32 Å². The molecule has 0 aliphatic carbocycles. The van der Waals surface area contributed by atoms with Gasteiger partial charge in [0.05, 0.1) is 22.9 Å². The molecule has 2 unspecified atom stereocenters. The second-order valence-corrected chi connectivity index (χ2v) is 4.96. The van der Waals surface area contributed by atoms with Gasteiger partial charge in [-0.15, -0.1) is 0 Å². The van der Waals surface area contributed by atoms with E-state index in [4.69, 9.17) is 16.3 Å². The molecule has 88 valence electrons.